The minimum absolute atomic E-state index is 0.00622. The Kier molecular flexibility index (Phi) is 5.66. The second-order valence-corrected chi connectivity index (χ2v) is 10.4. The standard InChI is InChI=1S/C23H29ClFN3O2/c1-22(2,3)19-12-30-20(27-19)11-28-13-23(14-28)6-4-15(5-7-23)21(29)26-18-9-16(24)8-17(25)10-18/h8-10,12,15H,4-7,11,13-14H2,1-3H3,(H,26,29). The number of carbonyl (C=O) groups is 1. The van der Waals surface area contributed by atoms with E-state index in [0.717, 1.165) is 56.9 Å². The molecule has 1 aromatic carbocycles. The molecule has 7 heteroatoms. The molecule has 162 valence electrons. The Morgan fingerprint density at radius 3 is 2.60 bits per heavy atom. The summed E-state index contributed by atoms with van der Waals surface area (Å²) in [6.07, 6.45) is 5.54. The number of halogens is 2. The lowest BCUT2D eigenvalue weighted by Crippen LogP contribution is -2.57. The van der Waals surface area contributed by atoms with Crippen LogP contribution in [0.1, 0.15) is 58.0 Å². The summed E-state index contributed by atoms with van der Waals surface area (Å²) < 4.78 is 19.1. The van der Waals surface area contributed by atoms with Gasteiger partial charge in [0.25, 0.3) is 0 Å². The third-order valence-electron chi connectivity index (χ3n) is 6.34. The van der Waals surface area contributed by atoms with E-state index in [0.29, 0.717) is 11.1 Å². The van der Waals surface area contributed by atoms with Gasteiger partial charge in [0, 0.05) is 35.1 Å². The smallest absolute Gasteiger partial charge is 0.227 e. The molecule has 1 N–H and O–H groups in total. The lowest BCUT2D eigenvalue weighted by atomic mass is 9.65. The predicted octanol–water partition coefficient (Wildman–Crippen LogP) is 5.40. The van der Waals surface area contributed by atoms with Crippen LogP contribution in [0.5, 0.6) is 0 Å². The molecule has 1 amide bonds. The van der Waals surface area contributed by atoms with E-state index in [9.17, 15) is 9.18 Å². The highest BCUT2D eigenvalue weighted by molar-refractivity contribution is 6.30. The van der Waals surface area contributed by atoms with E-state index in [1.54, 1.807) is 12.3 Å². The molecule has 1 spiro atoms. The zero-order chi connectivity index (χ0) is 21.5. The lowest BCUT2D eigenvalue weighted by Gasteiger charge is -2.53. The molecule has 1 saturated heterocycles. The predicted molar refractivity (Wildman–Crippen MR) is 115 cm³/mol. The number of nitrogens with zero attached hydrogens (tertiary/aromatic N) is 2. The summed E-state index contributed by atoms with van der Waals surface area (Å²) in [5.41, 5.74) is 1.70. The number of hydrogen-bond donors (Lipinski definition) is 1. The maximum Gasteiger partial charge on any atom is 0.227 e. The number of likely N-dealkylation sites (tertiary alicyclic amines) is 1. The quantitative estimate of drug-likeness (QED) is 0.701. The minimum atomic E-state index is -0.448. The van der Waals surface area contributed by atoms with Crippen molar-refractivity contribution >= 4 is 23.2 Å². The van der Waals surface area contributed by atoms with Crippen LogP contribution in [0.3, 0.4) is 0 Å². The monoisotopic (exact) mass is 433 g/mol. The minimum Gasteiger partial charge on any atom is -0.447 e. The molecule has 2 aliphatic rings. The van der Waals surface area contributed by atoms with E-state index < -0.39 is 5.82 Å². The molecule has 1 aliphatic carbocycles. The first-order valence-corrected chi connectivity index (χ1v) is 10.9. The third-order valence-corrected chi connectivity index (χ3v) is 6.56. The topological polar surface area (TPSA) is 58.4 Å². The van der Waals surface area contributed by atoms with Crippen molar-refractivity contribution in [2.75, 3.05) is 18.4 Å². The fourth-order valence-electron chi connectivity index (χ4n) is 4.61. The van der Waals surface area contributed by atoms with Crippen LogP contribution >= 0.6 is 11.6 Å². The van der Waals surface area contributed by atoms with Crippen molar-refractivity contribution in [1.82, 2.24) is 9.88 Å². The molecular weight excluding hydrogens is 405 g/mol. The SMILES string of the molecule is CC(C)(C)c1coc(CN2CC3(CCC(C(=O)Nc4cc(F)cc(Cl)c4)CC3)C2)n1. The van der Waals surface area contributed by atoms with Crippen molar-refractivity contribution in [3.63, 3.8) is 0 Å². The van der Waals surface area contributed by atoms with Gasteiger partial charge in [-0.25, -0.2) is 9.37 Å². The number of amides is 1. The maximum atomic E-state index is 13.5. The Morgan fingerprint density at radius 1 is 1.30 bits per heavy atom. The zero-order valence-electron chi connectivity index (χ0n) is 17.8. The molecule has 2 fully saturated rings. The van der Waals surface area contributed by atoms with E-state index >= 15 is 0 Å². The van der Waals surface area contributed by atoms with Crippen molar-refractivity contribution in [1.29, 1.82) is 0 Å². The molecule has 0 bridgehead atoms. The van der Waals surface area contributed by atoms with Crippen LogP contribution in [0.15, 0.2) is 28.9 Å². The second kappa shape index (κ2) is 7.97. The van der Waals surface area contributed by atoms with Gasteiger partial charge in [0.1, 0.15) is 12.1 Å². The highest BCUT2D eigenvalue weighted by atomic mass is 35.5. The van der Waals surface area contributed by atoms with Crippen molar-refractivity contribution in [2.24, 2.45) is 11.3 Å². The Bertz CT molecular complexity index is 901. The molecule has 1 aliphatic heterocycles. The molecule has 1 aromatic heterocycles. The molecule has 4 rings (SSSR count). The fourth-order valence-corrected chi connectivity index (χ4v) is 4.83. The summed E-state index contributed by atoms with van der Waals surface area (Å²) in [7, 11) is 0. The van der Waals surface area contributed by atoms with Gasteiger partial charge in [-0.3, -0.25) is 9.69 Å². The van der Waals surface area contributed by atoms with Crippen molar-refractivity contribution in [3.05, 3.63) is 46.9 Å². The number of rotatable bonds is 4. The zero-order valence-corrected chi connectivity index (χ0v) is 18.6. The van der Waals surface area contributed by atoms with Crippen LogP contribution in [0.25, 0.3) is 0 Å². The molecule has 0 atom stereocenters. The van der Waals surface area contributed by atoms with Gasteiger partial charge in [-0.1, -0.05) is 32.4 Å². The van der Waals surface area contributed by atoms with Gasteiger partial charge in [0.2, 0.25) is 11.8 Å². The molecule has 0 radical (unpaired) electrons. The number of benzene rings is 1. The van der Waals surface area contributed by atoms with Crippen LogP contribution in [0.2, 0.25) is 5.02 Å². The van der Waals surface area contributed by atoms with E-state index in [-0.39, 0.29) is 22.3 Å². The Hall–Kier alpha value is -1.92. The first kappa shape index (κ1) is 21.3. The first-order valence-electron chi connectivity index (χ1n) is 10.6. The largest absolute Gasteiger partial charge is 0.447 e. The first-order chi connectivity index (χ1) is 14.1. The number of carbonyl (C=O) groups excluding carboxylic acids is 1. The number of nitrogens with one attached hydrogen (secondary N) is 1. The van der Waals surface area contributed by atoms with Gasteiger partial charge in [0.15, 0.2) is 0 Å². The van der Waals surface area contributed by atoms with Crippen molar-refractivity contribution in [2.45, 2.75) is 58.4 Å². The van der Waals surface area contributed by atoms with Gasteiger partial charge in [-0.05, 0) is 49.3 Å². The normalized spacial score (nSPS) is 19.6. The summed E-state index contributed by atoms with van der Waals surface area (Å²) in [4.78, 5) is 19.6. The third kappa shape index (κ3) is 4.70. The summed E-state index contributed by atoms with van der Waals surface area (Å²) >= 11 is 5.87. The molecular formula is C23H29ClFN3O2. The van der Waals surface area contributed by atoms with Crippen LogP contribution in [-0.4, -0.2) is 28.9 Å². The van der Waals surface area contributed by atoms with Gasteiger partial charge >= 0.3 is 0 Å². The highest BCUT2D eigenvalue weighted by Gasteiger charge is 2.46. The molecule has 30 heavy (non-hydrogen) atoms. The van der Waals surface area contributed by atoms with Crippen LogP contribution in [0, 0.1) is 17.2 Å². The maximum absolute atomic E-state index is 13.5. The van der Waals surface area contributed by atoms with Gasteiger partial charge in [0.05, 0.1) is 12.2 Å². The second-order valence-electron chi connectivity index (χ2n) is 9.94. The highest BCUT2D eigenvalue weighted by Crippen LogP contribution is 2.46. The van der Waals surface area contributed by atoms with E-state index in [2.05, 4.69) is 36.0 Å². The molecule has 1 saturated carbocycles. The van der Waals surface area contributed by atoms with Crippen LogP contribution in [-0.2, 0) is 16.8 Å². The Labute approximate surface area is 182 Å². The molecule has 2 aromatic rings. The summed E-state index contributed by atoms with van der Waals surface area (Å²) in [6, 6.07) is 4.10. The molecule has 0 unspecified atom stereocenters. The number of hydrogen-bond acceptors (Lipinski definition) is 4. The number of aromatic nitrogens is 1. The Morgan fingerprint density at radius 2 is 2.00 bits per heavy atom. The average molecular weight is 434 g/mol. The van der Waals surface area contributed by atoms with Crippen molar-refractivity contribution < 1.29 is 13.6 Å². The van der Waals surface area contributed by atoms with Gasteiger partial charge in [-0.2, -0.15) is 0 Å². The average Bonchev–Trinajstić information content (AvgIpc) is 3.09. The Balaban J connectivity index is 1.25. The summed E-state index contributed by atoms with van der Waals surface area (Å²) in [5, 5.41) is 3.10. The molecule has 5 nitrogen and oxygen atoms in total. The van der Waals surface area contributed by atoms with E-state index in [1.807, 2.05) is 0 Å². The van der Waals surface area contributed by atoms with E-state index in [4.69, 9.17) is 16.0 Å². The van der Waals surface area contributed by atoms with Crippen molar-refractivity contribution in [3.8, 4) is 0 Å². The van der Waals surface area contributed by atoms with Crippen LogP contribution in [0.4, 0.5) is 10.1 Å². The molecule has 2 heterocycles. The number of anilines is 1. The summed E-state index contributed by atoms with van der Waals surface area (Å²) in [6.45, 7) is 9.17. The lowest BCUT2D eigenvalue weighted by molar-refractivity contribution is -0.123. The van der Waals surface area contributed by atoms with Gasteiger partial charge < -0.3 is 9.73 Å². The van der Waals surface area contributed by atoms with Gasteiger partial charge in [-0.15, -0.1) is 0 Å². The summed E-state index contributed by atoms with van der Waals surface area (Å²) in [5.74, 6) is 0.247. The van der Waals surface area contributed by atoms with E-state index in [1.165, 1.54) is 12.1 Å². The fraction of sp³-hybridized carbons (Fsp3) is 0.565. The number of oxazole rings is 1. The van der Waals surface area contributed by atoms with Crippen LogP contribution < -0.4 is 5.32 Å².